The normalized spacial score (nSPS) is 21.4. The van der Waals surface area contributed by atoms with E-state index in [9.17, 15) is 18.4 Å². The van der Waals surface area contributed by atoms with Gasteiger partial charge < -0.3 is 20.4 Å². The van der Waals surface area contributed by atoms with Crippen molar-refractivity contribution in [2.45, 2.75) is 49.9 Å². The Morgan fingerprint density at radius 1 is 1.12 bits per heavy atom. The molecule has 1 aromatic heterocycles. The van der Waals surface area contributed by atoms with Crippen molar-refractivity contribution in [2.75, 3.05) is 38.0 Å². The number of carbonyl (C=O) groups is 2. The summed E-state index contributed by atoms with van der Waals surface area (Å²) in [5.74, 6) is -3.37. The summed E-state index contributed by atoms with van der Waals surface area (Å²) in [6, 6.07) is 10.7. The summed E-state index contributed by atoms with van der Waals surface area (Å²) >= 11 is 6.30. The SMILES string of the molecule is [B]C([B])(c1cc(Cl)ccc1NCc1ccc(C#N)cn1)N1CCN(C(=O)CNC(=O)[C@@H]2CC23CCC(F)(F)CC3)CC1. The Morgan fingerprint density at radius 3 is 2.48 bits per heavy atom. The Hall–Kier alpha value is -3.16. The van der Waals surface area contributed by atoms with Gasteiger partial charge in [0.05, 0.1) is 40.0 Å². The van der Waals surface area contributed by atoms with E-state index in [1.807, 2.05) is 11.0 Å². The third-order valence-corrected chi connectivity index (χ3v) is 9.11. The zero-order valence-electron chi connectivity index (χ0n) is 23.2. The summed E-state index contributed by atoms with van der Waals surface area (Å²) < 4.78 is 27.1. The number of alkyl halides is 2. The lowest BCUT2D eigenvalue weighted by molar-refractivity contribution is -0.135. The number of anilines is 1. The van der Waals surface area contributed by atoms with Crippen molar-refractivity contribution in [3.63, 3.8) is 0 Å². The lowest BCUT2D eigenvalue weighted by atomic mass is 9.56. The maximum Gasteiger partial charge on any atom is 0.248 e. The van der Waals surface area contributed by atoms with Crippen molar-refractivity contribution in [1.29, 1.82) is 5.26 Å². The number of aromatic nitrogens is 1. The molecule has 0 unspecified atom stereocenters. The Labute approximate surface area is 252 Å². The number of piperazine rings is 1. The van der Waals surface area contributed by atoms with Crippen LogP contribution in [0.25, 0.3) is 0 Å². The van der Waals surface area contributed by atoms with Gasteiger partial charge in [-0.3, -0.25) is 14.6 Å². The van der Waals surface area contributed by atoms with Gasteiger partial charge in [0.2, 0.25) is 17.7 Å². The molecule has 216 valence electrons. The van der Waals surface area contributed by atoms with Gasteiger partial charge in [0.1, 0.15) is 6.07 Å². The molecule has 3 aliphatic rings. The fraction of sp³-hybridized carbons (Fsp3) is 0.517. The van der Waals surface area contributed by atoms with E-state index < -0.39 is 11.3 Å². The van der Waals surface area contributed by atoms with E-state index in [4.69, 9.17) is 32.6 Å². The van der Waals surface area contributed by atoms with Gasteiger partial charge in [0.15, 0.2) is 0 Å². The maximum absolute atomic E-state index is 13.5. The van der Waals surface area contributed by atoms with Crippen molar-refractivity contribution in [1.82, 2.24) is 20.1 Å². The van der Waals surface area contributed by atoms with Crippen molar-refractivity contribution in [3.8, 4) is 6.07 Å². The maximum atomic E-state index is 13.5. The zero-order valence-corrected chi connectivity index (χ0v) is 24.0. The minimum absolute atomic E-state index is 0.135. The smallest absolute Gasteiger partial charge is 0.248 e. The van der Waals surface area contributed by atoms with Crippen LogP contribution in [-0.4, -0.2) is 80.9 Å². The van der Waals surface area contributed by atoms with E-state index in [0.717, 1.165) is 5.69 Å². The van der Waals surface area contributed by atoms with E-state index in [1.165, 1.54) is 6.20 Å². The number of amides is 2. The van der Waals surface area contributed by atoms with Crippen LogP contribution in [0, 0.1) is 22.7 Å². The quantitative estimate of drug-likeness (QED) is 0.459. The summed E-state index contributed by atoms with van der Waals surface area (Å²) in [7, 11) is 13.4. The Bertz CT molecular complexity index is 1370. The molecule has 2 saturated carbocycles. The molecule has 2 amide bonds. The molecule has 13 heteroatoms. The summed E-state index contributed by atoms with van der Waals surface area (Å²) in [5.41, 5.74) is 2.13. The van der Waals surface area contributed by atoms with Crippen LogP contribution in [-0.2, 0) is 21.5 Å². The molecule has 1 aliphatic heterocycles. The summed E-state index contributed by atoms with van der Waals surface area (Å²) in [5, 5.41) is 14.1. The first-order chi connectivity index (χ1) is 19.9. The molecule has 1 spiro atoms. The van der Waals surface area contributed by atoms with Gasteiger partial charge in [-0.2, -0.15) is 5.26 Å². The second-order valence-electron chi connectivity index (χ2n) is 11.6. The predicted octanol–water partition coefficient (Wildman–Crippen LogP) is 3.14. The van der Waals surface area contributed by atoms with Crippen molar-refractivity contribution in [3.05, 3.63) is 58.4 Å². The lowest BCUT2D eigenvalue weighted by Crippen LogP contribution is -2.58. The van der Waals surface area contributed by atoms with Crippen LogP contribution < -0.4 is 10.6 Å². The highest BCUT2D eigenvalue weighted by Gasteiger charge is 2.60. The first-order valence-corrected chi connectivity index (χ1v) is 14.5. The molecule has 42 heavy (non-hydrogen) atoms. The van der Waals surface area contributed by atoms with Crippen molar-refractivity contribution < 1.29 is 18.4 Å². The molecule has 1 saturated heterocycles. The highest BCUT2D eigenvalue weighted by Crippen LogP contribution is 2.63. The Morgan fingerprint density at radius 2 is 1.83 bits per heavy atom. The average molecular weight is 591 g/mol. The van der Waals surface area contributed by atoms with Crippen LogP contribution in [0.15, 0.2) is 36.5 Å². The van der Waals surface area contributed by atoms with E-state index in [2.05, 4.69) is 15.6 Å². The number of benzene rings is 1. The van der Waals surface area contributed by atoms with Gasteiger partial charge in [-0.05, 0) is 65.9 Å². The number of nitrogens with zero attached hydrogens (tertiary/aromatic N) is 4. The van der Waals surface area contributed by atoms with Crippen LogP contribution >= 0.6 is 11.6 Å². The van der Waals surface area contributed by atoms with Gasteiger partial charge in [-0.1, -0.05) is 11.6 Å². The number of hydrogen-bond acceptors (Lipinski definition) is 6. The van der Waals surface area contributed by atoms with Crippen molar-refractivity contribution in [2.24, 2.45) is 11.3 Å². The third-order valence-electron chi connectivity index (χ3n) is 8.88. The predicted molar refractivity (Wildman–Crippen MR) is 156 cm³/mol. The van der Waals surface area contributed by atoms with Gasteiger partial charge in [0.25, 0.3) is 0 Å². The largest absolute Gasteiger partial charge is 0.379 e. The minimum Gasteiger partial charge on any atom is -0.379 e. The lowest BCUT2D eigenvalue weighted by Gasteiger charge is -2.46. The number of rotatable bonds is 8. The van der Waals surface area contributed by atoms with Gasteiger partial charge >= 0.3 is 0 Å². The van der Waals surface area contributed by atoms with Crippen LogP contribution in [0.2, 0.25) is 5.02 Å². The van der Waals surface area contributed by atoms with Gasteiger partial charge in [-0.15, -0.1) is 0 Å². The first kappa shape index (κ1) is 30.3. The average Bonchev–Trinajstić information content (AvgIpc) is 3.71. The van der Waals surface area contributed by atoms with E-state index in [-0.39, 0.29) is 42.5 Å². The summed E-state index contributed by atoms with van der Waals surface area (Å²) in [6.07, 6.45) is 2.47. The number of nitriles is 1. The fourth-order valence-electron chi connectivity index (χ4n) is 6.06. The van der Waals surface area contributed by atoms with Gasteiger partial charge in [-0.25, -0.2) is 8.78 Å². The van der Waals surface area contributed by atoms with Gasteiger partial charge in [0, 0.05) is 61.8 Å². The standard InChI is InChI=1S/C29H31B2ClF2N6O2/c30-29(31,22-13-20(32)2-4-24(22)37-17-21-3-1-19(15-35)16-36-21)40-11-9-39(10-12-40)25(41)18-38-26(42)23-14-27(23)5-7-28(33,34)8-6-27/h1-4,13,16,23,37H,5-12,14,17-18H2,(H,38,42)/t23-/m0/s1. The van der Waals surface area contributed by atoms with E-state index in [0.29, 0.717) is 73.8 Å². The molecule has 2 aromatic rings. The first-order valence-electron chi connectivity index (χ1n) is 14.1. The molecule has 2 heterocycles. The highest BCUT2D eigenvalue weighted by molar-refractivity contribution is 6.40. The van der Waals surface area contributed by atoms with Crippen LogP contribution in [0.5, 0.6) is 0 Å². The molecule has 1 atom stereocenters. The molecule has 2 N–H and O–H groups in total. The molecule has 3 fully saturated rings. The molecule has 5 rings (SSSR count). The Kier molecular flexibility index (Phi) is 8.55. The number of pyridine rings is 1. The molecule has 0 bridgehead atoms. The van der Waals surface area contributed by atoms with Crippen LogP contribution in [0.3, 0.4) is 0 Å². The molecule has 2 aliphatic carbocycles. The Balaban J connectivity index is 1.13. The van der Waals surface area contributed by atoms with Crippen LogP contribution in [0.1, 0.15) is 48.9 Å². The number of carbonyl (C=O) groups excluding carboxylic acids is 2. The number of hydrogen-bond donors (Lipinski definition) is 2. The molecule has 4 radical (unpaired) electrons. The van der Waals surface area contributed by atoms with Crippen LogP contribution in [0.4, 0.5) is 14.5 Å². The minimum atomic E-state index is -2.63. The third kappa shape index (κ3) is 6.57. The summed E-state index contributed by atoms with van der Waals surface area (Å²) in [6.45, 7) is 1.77. The second kappa shape index (κ2) is 11.8. The zero-order chi connectivity index (χ0) is 30.1. The molecule has 1 aromatic carbocycles. The number of nitrogens with one attached hydrogen (secondary N) is 2. The highest BCUT2D eigenvalue weighted by atomic mass is 35.5. The fourth-order valence-corrected chi connectivity index (χ4v) is 6.23. The molecule has 8 nitrogen and oxygen atoms in total. The monoisotopic (exact) mass is 590 g/mol. The molecular weight excluding hydrogens is 559 g/mol. The van der Waals surface area contributed by atoms with E-state index in [1.54, 1.807) is 35.2 Å². The summed E-state index contributed by atoms with van der Waals surface area (Å²) in [4.78, 5) is 33.3. The van der Waals surface area contributed by atoms with Crippen molar-refractivity contribution >= 4 is 44.8 Å². The number of halogens is 3. The van der Waals surface area contributed by atoms with E-state index >= 15 is 0 Å². The topological polar surface area (TPSA) is 101 Å². The molecular formula is C29H31B2ClF2N6O2. The second-order valence-corrected chi connectivity index (χ2v) is 12.0.